The van der Waals surface area contributed by atoms with E-state index in [4.69, 9.17) is 4.74 Å². The molecule has 0 amide bonds. The van der Waals surface area contributed by atoms with E-state index < -0.39 is 18.2 Å². The predicted octanol–water partition coefficient (Wildman–Crippen LogP) is 2.08. The van der Waals surface area contributed by atoms with Crippen LogP contribution in [0.25, 0.3) is 0 Å². The van der Waals surface area contributed by atoms with Gasteiger partial charge in [-0.05, 0) is 25.5 Å². The third-order valence-electron chi connectivity index (χ3n) is 2.67. The van der Waals surface area contributed by atoms with E-state index in [-0.39, 0.29) is 19.0 Å². The van der Waals surface area contributed by atoms with E-state index in [1.54, 1.807) is 33.8 Å². The fourth-order valence-electron chi connectivity index (χ4n) is 1.41. The smallest absolute Gasteiger partial charge is 0.435 e. The standard InChI is InChI=1S/C13H22O5/c1-5-11(14)10(4)12(15)9(3)7-8-18-13(16)17-6-2/h7,10,12,15H,5-6,8H2,1-4H3/b9-7-/t10-,12+/m0/s1. The molecule has 0 spiro atoms. The second-order valence-corrected chi connectivity index (χ2v) is 4.00. The number of aliphatic hydroxyl groups excluding tert-OH is 1. The van der Waals surface area contributed by atoms with Crippen molar-refractivity contribution in [3.05, 3.63) is 11.6 Å². The fraction of sp³-hybridized carbons (Fsp3) is 0.692. The molecule has 2 atom stereocenters. The van der Waals surface area contributed by atoms with E-state index in [1.165, 1.54) is 0 Å². The lowest BCUT2D eigenvalue weighted by atomic mass is 9.93. The zero-order valence-corrected chi connectivity index (χ0v) is 11.4. The van der Waals surface area contributed by atoms with Crippen molar-refractivity contribution in [3.63, 3.8) is 0 Å². The molecule has 0 unspecified atom stereocenters. The fourth-order valence-corrected chi connectivity index (χ4v) is 1.41. The lowest BCUT2D eigenvalue weighted by molar-refractivity contribution is -0.124. The summed E-state index contributed by atoms with van der Waals surface area (Å²) >= 11 is 0. The highest BCUT2D eigenvalue weighted by Gasteiger charge is 2.21. The average Bonchev–Trinajstić information content (AvgIpc) is 2.36. The number of ether oxygens (including phenoxy) is 2. The number of carbonyl (C=O) groups excluding carboxylic acids is 2. The summed E-state index contributed by atoms with van der Waals surface area (Å²) in [4.78, 5) is 22.3. The van der Waals surface area contributed by atoms with Gasteiger partial charge in [-0.3, -0.25) is 4.79 Å². The molecule has 0 saturated heterocycles. The number of Topliss-reactive ketones (excluding diaryl/α,β-unsaturated/α-hetero) is 1. The van der Waals surface area contributed by atoms with E-state index in [0.29, 0.717) is 12.0 Å². The van der Waals surface area contributed by atoms with Crippen molar-refractivity contribution >= 4 is 11.9 Å². The molecule has 0 heterocycles. The van der Waals surface area contributed by atoms with Crippen LogP contribution in [0.2, 0.25) is 0 Å². The van der Waals surface area contributed by atoms with E-state index >= 15 is 0 Å². The summed E-state index contributed by atoms with van der Waals surface area (Å²) in [6.45, 7) is 7.10. The Morgan fingerprint density at radius 3 is 2.39 bits per heavy atom. The summed E-state index contributed by atoms with van der Waals surface area (Å²) in [5.74, 6) is -0.449. The van der Waals surface area contributed by atoms with Gasteiger partial charge in [0.2, 0.25) is 0 Å². The summed E-state index contributed by atoms with van der Waals surface area (Å²) in [7, 11) is 0. The molecule has 0 aliphatic heterocycles. The molecule has 0 aromatic heterocycles. The molecular formula is C13H22O5. The molecule has 0 aliphatic carbocycles. The van der Waals surface area contributed by atoms with Crippen molar-refractivity contribution in [1.29, 1.82) is 0 Å². The van der Waals surface area contributed by atoms with Crippen LogP contribution in [-0.4, -0.2) is 36.4 Å². The number of hydrogen-bond acceptors (Lipinski definition) is 5. The van der Waals surface area contributed by atoms with E-state index in [2.05, 4.69) is 4.74 Å². The van der Waals surface area contributed by atoms with Crippen molar-refractivity contribution in [2.24, 2.45) is 5.92 Å². The second-order valence-electron chi connectivity index (χ2n) is 4.00. The van der Waals surface area contributed by atoms with E-state index in [9.17, 15) is 14.7 Å². The Labute approximate surface area is 108 Å². The minimum absolute atomic E-state index is 0.00145. The molecule has 1 N–H and O–H groups in total. The molecule has 5 heteroatoms. The highest BCUT2D eigenvalue weighted by atomic mass is 16.7. The first kappa shape index (κ1) is 16.6. The summed E-state index contributed by atoms with van der Waals surface area (Å²) in [6.07, 6.45) is 0.378. The van der Waals surface area contributed by atoms with Crippen LogP contribution in [0, 0.1) is 5.92 Å². The first-order valence-corrected chi connectivity index (χ1v) is 6.10. The highest BCUT2D eigenvalue weighted by Crippen LogP contribution is 2.14. The summed E-state index contributed by atoms with van der Waals surface area (Å²) in [5, 5.41) is 9.90. The third-order valence-corrected chi connectivity index (χ3v) is 2.67. The number of hydrogen-bond donors (Lipinski definition) is 1. The van der Waals surface area contributed by atoms with Gasteiger partial charge in [-0.25, -0.2) is 4.79 Å². The maximum Gasteiger partial charge on any atom is 0.508 e. The Hall–Kier alpha value is -1.36. The highest BCUT2D eigenvalue weighted by molar-refractivity contribution is 5.81. The van der Waals surface area contributed by atoms with Gasteiger partial charge < -0.3 is 14.6 Å². The molecule has 0 radical (unpaired) electrons. The Kier molecular flexibility index (Phi) is 8.03. The lowest BCUT2D eigenvalue weighted by Gasteiger charge is -2.18. The van der Waals surface area contributed by atoms with Crippen LogP contribution >= 0.6 is 0 Å². The molecular weight excluding hydrogens is 236 g/mol. The van der Waals surface area contributed by atoms with Crippen molar-refractivity contribution in [3.8, 4) is 0 Å². The number of carbonyl (C=O) groups is 2. The first-order valence-electron chi connectivity index (χ1n) is 6.10. The minimum Gasteiger partial charge on any atom is -0.435 e. The number of aliphatic hydroxyl groups is 1. The van der Waals surface area contributed by atoms with Crippen LogP contribution in [0.3, 0.4) is 0 Å². The predicted molar refractivity (Wildman–Crippen MR) is 67.2 cm³/mol. The molecule has 0 aromatic rings. The van der Waals surface area contributed by atoms with Gasteiger partial charge in [-0.1, -0.05) is 13.8 Å². The largest absolute Gasteiger partial charge is 0.508 e. The summed E-state index contributed by atoms with van der Waals surface area (Å²) < 4.78 is 9.32. The van der Waals surface area contributed by atoms with Crippen LogP contribution in [0.15, 0.2) is 11.6 Å². The zero-order valence-electron chi connectivity index (χ0n) is 11.4. The van der Waals surface area contributed by atoms with Crippen LogP contribution < -0.4 is 0 Å². The summed E-state index contributed by atoms with van der Waals surface area (Å²) in [6, 6.07) is 0. The van der Waals surface area contributed by atoms with Gasteiger partial charge in [0.15, 0.2) is 0 Å². The maximum atomic E-state index is 11.4. The van der Waals surface area contributed by atoms with Gasteiger partial charge in [0.1, 0.15) is 12.4 Å². The molecule has 18 heavy (non-hydrogen) atoms. The Morgan fingerprint density at radius 1 is 1.28 bits per heavy atom. The molecule has 0 aliphatic rings. The van der Waals surface area contributed by atoms with Gasteiger partial charge in [-0.2, -0.15) is 0 Å². The van der Waals surface area contributed by atoms with Crippen LogP contribution in [0.1, 0.15) is 34.1 Å². The van der Waals surface area contributed by atoms with Gasteiger partial charge in [0, 0.05) is 12.3 Å². The molecule has 0 bridgehead atoms. The van der Waals surface area contributed by atoms with Crippen molar-refractivity contribution < 1.29 is 24.2 Å². The monoisotopic (exact) mass is 258 g/mol. The Balaban J connectivity index is 4.24. The van der Waals surface area contributed by atoms with E-state index in [0.717, 1.165) is 0 Å². The average molecular weight is 258 g/mol. The van der Waals surface area contributed by atoms with Gasteiger partial charge in [-0.15, -0.1) is 0 Å². The summed E-state index contributed by atoms with van der Waals surface area (Å²) in [5.41, 5.74) is 0.605. The molecule has 0 saturated carbocycles. The van der Waals surface area contributed by atoms with Crippen LogP contribution in [-0.2, 0) is 14.3 Å². The normalized spacial score (nSPS) is 14.8. The number of rotatable bonds is 7. The third kappa shape index (κ3) is 5.82. The minimum atomic E-state index is -0.844. The molecule has 0 aromatic carbocycles. The van der Waals surface area contributed by atoms with E-state index in [1.807, 2.05) is 0 Å². The van der Waals surface area contributed by atoms with Crippen molar-refractivity contribution in [2.75, 3.05) is 13.2 Å². The van der Waals surface area contributed by atoms with Crippen molar-refractivity contribution in [1.82, 2.24) is 0 Å². The Morgan fingerprint density at radius 2 is 1.89 bits per heavy atom. The molecule has 104 valence electrons. The van der Waals surface area contributed by atoms with Gasteiger partial charge in [0.05, 0.1) is 12.7 Å². The maximum absolute atomic E-state index is 11.4. The van der Waals surface area contributed by atoms with Crippen LogP contribution in [0.5, 0.6) is 0 Å². The second kappa shape index (κ2) is 8.69. The quantitative estimate of drug-likeness (QED) is 0.559. The molecule has 5 nitrogen and oxygen atoms in total. The first-order chi connectivity index (χ1) is 8.43. The topological polar surface area (TPSA) is 72.8 Å². The zero-order chi connectivity index (χ0) is 14.1. The van der Waals surface area contributed by atoms with Crippen molar-refractivity contribution in [2.45, 2.75) is 40.2 Å². The molecule has 0 rings (SSSR count). The van der Waals surface area contributed by atoms with Gasteiger partial charge in [0.25, 0.3) is 0 Å². The van der Waals surface area contributed by atoms with Crippen LogP contribution in [0.4, 0.5) is 4.79 Å². The Bertz CT molecular complexity index is 309. The SMILES string of the molecule is CCOC(=O)OC/C=C(/C)[C@@H](O)[C@@H](C)C(=O)CC. The van der Waals surface area contributed by atoms with Gasteiger partial charge >= 0.3 is 6.16 Å². The number of ketones is 1. The lowest BCUT2D eigenvalue weighted by Crippen LogP contribution is -2.26. The molecule has 0 fully saturated rings.